The normalized spacial score (nSPS) is 11.6. The summed E-state index contributed by atoms with van der Waals surface area (Å²) >= 11 is 0. The molecule has 0 spiro atoms. The number of aromatic nitrogens is 4. The second kappa shape index (κ2) is 8.22. The number of rotatable bonds is 6. The van der Waals surface area contributed by atoms with Crippen molar-refractivity contribution in [2.45, 2.75) is 20.0 Å². The van der Waals surface area contributed by atoms with Gasteiger partial charge in [-0.1, -0.05) is 18.2 Å². The maximum absolute atomic E-state index is 12.7. The lowest BCUT2D eigenvalue weighted by Gasteiger charge is -2.24. The van der Waals surface area contributed by atoms with Crippen LogP contribution in [0.1, 0.15) is 24.2 Å². The predicted octanol–water partition coefficient (Wildman–Crippen LogP) is 2.26. The zero-order valence-corrected chi connectivity index (χ0v) is 15.0. The Hall–Kier alpha value is -3.55. The van der Waals surface area contributed by atoms with Crippen LogP contribution in [0, 0.1) is 0 Å². The predicted molar refractivity (Wildman–Crippen MR) is 98.5 cm³/mol. The standard InChI is InChI=1S/C19H19N5O3/c1-3-23(16-7-5-4-6-8-16)18(25)14(2)27-19(26)15-9-11-17(12-10-15)24-13-20-21-22-24/h4-14H,3H2,1-2H3/t14-/m1/s1. The van der Waals surface area contributed by atoms with E-state index in [1.165, 1.54) is 11.0 Å². The van der Waals surface area contributed by atoms with Crippen LogP contribution >= 0.6 is 0 Å². The Balaban J connectivity index is 1.67. The first-order chi connectivity index (χ1) is 13.1. The van der Waals surface area contributed by atoms with E-state index in [0.717, 1.165) is 5.69 Å². The van der Waals surface area contributed by atoms with Crippen LogP contribution in [-0.4, -0.2) is 44.7 Å². The first-order valence-electron chi connectivity index (χ1n) is 8.51. The third kappa shape index (κ3) is 4.17. The van der Waals surface area contributed by atoms with Gasteiger partial charge in [-0.25, -0.2) is 9.48 Å². The van der Waals surface area contributed by atoms with E-state index < -0.39 is 12.1 Å². The molecule has 0 aliphatic heterocycles. The molecular formula is C19H19N5O3. The molecule has 0 bridgehead atoms. The van der Waals surface area contributed by atoms with Crippen molar-refractivity contribution in [2.75, 3.05) is 11.4 Å². The van der Waals surface area contributed by atoms with Crippen LogP contribution < -0.4 is 4.90 Å². The Labute approximate surface area is 156 Å². The third-order valence-electron chi connectivity index (χ3n) is 4.00. The van der Waals surface area contributed by atoms with Crippen molar-refractivity contribution in [3.63, 3.8) is 0 Å². The van der Waals surface area contributed by atoms with Crippen LogP contribution in [0.4, 0.5) is 5.69 Å². The Bertz CT molecular complexity index is 895. The molecule has 2 aromatic carbocycles. The number of carbonyl (C=O) groups is 2. The van der Waals surface area contributed by atoms with Crippen LogP contribution in [-0.2, 0) is 9.53 Å². The first kappa shape index (κ1) is 18.2. The second-order valence-electron chi connectivity index (χ2n) is 5.77. The van der Waals surface area contributed by atoms with Crippen molar-refractivity contribution in [1.82, 2.24) is 20.2 Å². The molecule has 138 valence electrons. The van der Waals surface area contributed by atoms with Crippen molar-refractivity contribution >= 4 is 17.6 Å². The van der Waals surface area contributed by atoms with Gasteiger partial charge in [0.05, 0.1) is 11.3 Å². The minimum absolute atomic E-state index is 0.276. The van der Waals surface area contributed by atoms with Gasteiger partial charge in [-0.3, -0.25) is 4.79 Å². The lowest BCUT2D eigenvalue weighted by atomic mass is 10.2. The van der Waals surface area contributed by atoms with E-state index in [4.69, 9.17) is 4.74 Å². The Morgan fingerprint density at radius 3 is 2.41 bits per heavy atom. The lowest BCUT2D eigenvalue weighted by Crippen LogP contribution is -2.40. The molecule has 0 saturated heterocycles. The Morgan fingerprint density at radius 2 is 1.81 bits per heavy atom. The molecule has 3 aromatic rings. The summed E-state index contributed by atoms with van der Waals surface area (Å²) in [6.07, 6.45) is 0.550. The molecule has 0 N–H and O–H groups in total. The van der Waals surface area contributed by atoms with Gasteiger partial charge in [0.15, 0.2) is 6.10 Å². The molecule has 1 atom stereocenters. The van der Waals surface area contributed by atoms with Gasteiger partial charge in [0, 0.05) is 12.2 Å². The molecule has 1 heterocycles. The average Bonchev–Trinajstić information content (AvgIpc) is 3.24. The van der Waals surface area contributed by atoms with Gasteiger partial charge in [-0.2, -0.15) is 0 Å². The molecule has 0 radical (unpaired) electrons. The Kier molecular flexibility index (Phi) is 5.55. The van der Waals surface area contributed by atoms with E-state index in [2.05, 4.69) is 15.5 Å². The Morgan fingerprint density at radius 1 is 1.11 bits per heavy atom. The van der Waals surface area contributed by atoms with Crippen molar-refractivity contribution in [3.05, 3.63) is 66.5 Å². The highest BCUT2D eigenvalue weighted by atomic mass is 16.5. The maximum Gasteiger partial charge on any atom is 0.338 e. The molecule has 1 amide bonds. The molecule has 3 rings (SSSR count). The average molecular weight is 365 g/mol. The number of nitrogens with zero attached hydrogens (tertiary/aromatic N) is 5. The number of ether oxygens (including phenoxy) is 1. The minimum atomic E-state index is -0.906. The molecule has 1 aromatic heterocycles. The van der Waals surface area contributed by atoms with Crippen LogP contribution in [0.5, 0.6) is 0 Å². The van der Waals surface area contributed by atoms with Gasteiger partial charge >= 0.3 is 5.97 Å². The van der Waals surface area contributed by atoms with E-state index in [1.807, 2.05) is 37.3 Å². The van der Waals surface area contributed by atoms with E-state index in [1.54, 1.807) is 36.1 Å². The summed E-state index contributed by atoms with van der Waals surface area (Å²) in [6.45, 7) is 3.92. The van der Waals surface area contributed by atoms with Crippen LogP contribution in [0.15, 0.2) is 60.9 Å². The molecule has 0 saturated carbocycles. The van der Waals surface area contributed by atoms with E-state index in [9.17, 15) is 9.59 Å². The summed E-state index contributed by atoms with van der Waals surface area (Å²) in [6, 6.07) is 15.9. The van der Waals surface area contributed by atoms with Crippen molar-refractivity contribution in [1.29, 1.82) is 0 Å². The van der Waals surface area contributed by atoms with E-state index >= 15 is 0 Å². The highest BCUT2D eigenvalue weighted by Gasteiger charge is 2.24. The number of likely N-dealkylation sites (N-methyl/N-ethyl adjacent to an activating group) is 1. The van der Waals surface area contributed by atoms with Gasteiger partial charge < -0.3 is 9.64 Å². The molecule has 27 heavy (non-hydrogen) atoms. The summed E-state index contributed by atoms with van der Waals surface area (Å²) in [5, 5.41) is 10.9. The van der Waals surface area contributed by atoms with Crippen molar-refractivity contribution in [2.24, 2.45) is 0 Å². The zero-order valence-electron chi connectivity index (χ0n) is 15.0. The summed E-state index contributed by atoms with van der Waals surface area (Å²) in [5.74, 6) is -0.842. The summed E-state index contributed by atoms with van der Waals surface area (Å²) in [5.41, 5.74) is 1.81. The number of tetrazole rings is 1. The fourth-order valence-corrected chi connectivity index (χ4v) is 2.60. The zero-order chi connectivity index (χ0) is 19.2. The smallest absolute Gasteiger partial charge is 0.338 e. The van der Waals surface area contributed by atoms with Gasteiger partial charge in [0.2, 0.25) is 0 Å². The fourth-order valence-electron chi connectivity index (χ4n) is 2.60. The van der Waals surface area contributed by atoms with Gasteiger partial charge in [-0.15, -0.1) is 5.10 Å². The summed E-state index contributed by atoms with van der Waals surface area (Å²) in [7, 11) is 0. The molecule has 8 heteroatoms. The molecule has 0 aliphatic carbocycles. The molecule has 8 nitrogen and oxygen atoms in total. The quantitative estimate of drug-likeness (QED) is 0.623. The van der Waals surface area contributed by atoms with E-state index in [-0.39, 0.29) is 5.91 Å². The number of amides is 1. The van der Waals surface area contributed by atoms with E-state index in [0.29, 0.717) is 17.8 Å². The van der Waals surface area contributed by atoms with Gasteiger partial charge in [0.1, 0.15) is 6.33 Å². The largest absolute Gasteiger partial charge is 0.449 e. The number of anilines is 1. The fraction of sp³-hybridized carbons (Fsp3) is 0.211. The van der Waals surface area contributed by atoms with Crippen molar-refractivity contribution in [3.8, 4) is 5.69 Å². The van der Waals surface area contributed by atoms with Gasteiger partial charge in [0.25, 0.3) is 5.91 Å². The number of benzene rings is 2. The number of esters is 1. The minimum Gasteiger partial charge on any atom is -0.449 e. The number of para-hydroxylation sites is 1. The van der Waals surface area contributed by atoms with Crippen LogP contribution in [0.2, 0.25) is 0 Å². The second-order valence-corrected chi connectivity index (χ2v) is 5.77. The van der Waals surface area contributed by atoms with Crippen LogP contribution in [0.3, 0.4) is 0 Å². The monoisotopic (exact) mass is 365 g/mol. The molecule has 0 aliphatic rings. The SMILES string of the molecule is CCN(C(=O)[C@@H](C)OC(=O)c1ccc(-n2cnnn2)cc1)c1ccccc1. The molecule has 0 fully saturated rings. The lowest BCUT2D eigenvalue weighted by molar-refractivity contribution is -0.126. The summed E-state index contributed by atoms with van der Waals surface area (Å²) in [4.78, 5) is 26.6. The topological polar surface area (TPSA) is 90.2 Å². The maximum atomic E-state index is 12.7. The summed E-state index contributed by atoms with van der Waals surface area (Å²) < 4.78 is 6.83. The third-order valence-corrected chi connectivity index (χ3v) is 4.00. The van der Waals surface area contributed by atoms with Gasteiger partial charge in [-0.05, 0) is 60.7 Å². The molecular weight excluding hydrogens is 346 g/mol. The van der Waals surface area contributed by atoms with Crippen molar-refractivity contribution < 1.29 is 14.3 Å². The first-order valence-corrected chi connectivity index (χ1v) is 8.51. The van der Waals surface area contributed by atoms with Crippen LogP contribution in [0.25, 0.3) is 5.69 Å². The number of hydrogen-bond donors (Lipinski definition) is 0. The number of hydrogen-bond acceptors (Lipinski definition) is 6. The highest BCUT2D eigenvalue weighted by molar-refractivity contribution is 5.99. The number of carbonyl (C=O) groups excluding carboxylic acids is 2. The highest BCUT2D eigenvalue weighted by Crippen LogP contribution is 2.16. The molecule has 0 unspecified atom stereocenters.